The first-order valence-electron chi connectivity index (χ1n) is 13.6. The quantitative estimate of drug-likeness (QED) is 0.169. The van der Waals surface area contributed by atoms with Gasteiger partial charge in [-0.05, 0) is 48.1 Å². The first-order valence-corrected chi connectivity index (χ1v) is 13.6. The Kier molecular flexibility index (Phi) is 11.6. The molecule has 9 nitrogen and oxygen atoms in total. The largest absolute Gasteiger partial charge is 0.480 e. The molecular formula is C32H37N3O6. The molecule has 0 heterocycles. The van der Waals surface area contributed by atoms with E-state index in [-0.39, 0.29) is 18.9 Å². The molecule has 0 aliphatic carbocycles. The second kappa shape index (κ2) is 15.3. The molecule has 0 spiro atoms. The Morgan fingerprint density at radius 2 is 1.34 bits per heavy atom. The van der Waals surface area contributed by atoms with Crippen LogP contribution >= 0.6 is 0 Å². The minimum absolute atomic E-state index is 0.0184. The van der Waals surface area contributed by atoms with Gasteiger partial charge in [0.2, 0.25) is 5.91 Å². The number of carboxylic acids is 1. The molecule has 3 atom stereocenters. The lowest BCUT2D eigenvalue weighted by Gasteiger charge is -2.23. The Bertz CT molecular complexity index is 1300. The molecular weight excluding hydrogens is 522 g/mol. The van der Waals surface area contributed by atoms with Gasteiger partial charge in [0.05, 0.1) is 6.42 Å². The van der Waals surface area contributed by atoms with Crippen LogP contribution in [0.3, 0.4) is 0 Å². The van der Waals surface area contributed by atoms with Crippen LogP contribution in [-0.2, 0) is 30.5 Å². The summed E-state index contributed by atoms with van der Waals surface area (Å²) in [6.07, 6.45) is -0.181. The zero-order valence-electron chi connectivity index (χ0n) is 23.5. The van der Waals surface area contributed by atoms with Gasteiger partial charge in [0, 0.05) is 12.2 Å². The highest BCUT2D eigenvalue weighted by Crippen LogP contribution is 2.21. The minimum atomic E-state index is -1.35. The summed E-state index contributed by atoms with van der Waals surface area (Å²) >= 11 is 0. The van der Waals surface area contributed by atoms with E-state index < -0.39 is 48.4 Å². The molecule has 3 aromatic rings. The summed E-state index contributed by atoms with van der Waals surface area (Å²) in [7, 11) is 0. The van der Waals surface area contributed by atoms with Gasteiger partial charge in [-0.25, -0.2) is 9.59 Å². The number of aliphatic carboxylic acids is 1. The highest BCUT2D eigenvalue weighted by Gasteiger charge is 2.31. The van der Waals surface area contributed by atoms with Crippen LogP contribution in [0.2, 0.25) is 0 Å². The average molecular weight is 560 g/mol. The van der Waals surface area contributed by atoms with Crippen molar-refractivity contribution in [3.63, 3.8) is 0 Å². The first-order chi connectivity index (χ1) is 19.6. The normalized spacial score (nSPS) is 13.1. The Labute approximate surface area is 240 Å². The van der Waals surface area contributed by atoms with E-state index in [9.17, 15) is 24.3 Å². The summed E-state index contributed by atoms with van der Waals surface area (Å²) in [6, 6.07) is 23.3. The van der Waals surface area contributed by atoms with Gasteiger partial charge in [0.25, 0.3) is 0 Å². The molecule has 0 aromatic heterocycles. The van der Waals surface area contributed by atoms with E-state index in [0.29, 0.717) is 5.69 Å². The fourth-order valence-electron chi connectivity index (χ4n) is 4.18. The third-order valence-corrected chi connectivity index (χ3v) is 6.34. The zero-order chi connectivity index (χ0) is 29.8. The average Bonchev–Trinajstić information content (AvgIpc) is 2.96. The monoisotopic (exact) mass is 559 g/mol. The molecule has 9 heteroatoms. The third kappa shape index (κ3) is 10.2. The Hall–Kier alpha value is -4.50. The van der Waals surface area contributed by atoms with Gasteiger partial charge < -0.3 is 20.5 Å². The van der Waals surface area contributed by atoms with Crippen LogP contribution in [0, 0.1) is 5.92 Å². The molecule has 0 fully saturated rings. The summed E-state index contributed by atoms with van der Waals surface area (Å²) in [4.78, 5) is 50.1. The molecule has 0 aliphatic heterocycles. The number of esters is 2. The van der Waals surface area contributed by atoms with E-state index in [4.69, 9.17) is 4.74 Å². The van der Waals surface area contributed by atoms with E-state index in [1.165, 1.54) is 0 Å². The maximum absolute atomic E-state index is 13.0. The maximum Gasteiger partial charge on any atom is 0.335 e. The number of benzene rings is 3. The lowest BCUT2D eigenvalue weighted by Crippen LogP contribution is -2.50. The van der Waals surface area contributed by atoms with Gasteiger partial charge in [-0.15, -0.1) is 0 Å². The van der Waals surface area contributed by atoms with Gasteiger partial charge in [0.15, 0.2) is 0 Å². The lowest BCUT2D eigenvalue weighted by molar-refractivity contribution is -0.162. The zero-order valence-corrected chi connectivity index (χ0v) is 23.5. The van der Waals surface area contributed by atoms with E-state index >= 15 is 0 Å². The van der Waals surface area contributed by atoms with E-state index in [1.807, 2.05) is 98.8 Å². The number of hydrogen-bond acceptors (Lipinski definition) is 7. The van der Waals surface area contributed by atoms with Crippen LogP contribution in [0.25, 0.3) is 11.1 Å². The molecule has 1 amide bonds. The summed E-state index contributed by atoms with van der Waals surface area (Å²) in [5, 5.41) is 18.2. The lowest BCUT2D eigenvalue weighted by atomic mass is 10.0. The van der Waals surface area contributed by atoms with Crippen molar-refractivity contribution in [3.8, 4) is 11.1 Å². The van der Waals surface area contributed by atoms with Crippen LogP contribution in [0.1, 0.15) is 39.2 Å². The van der Waals surface area contributed by atoms with Gasteiger partial charge in [-0.1, -0.05) is 86.6 Å². The fourth-order valence-corrected chi connectivity index (χ4v) is 4.18. The number of carbonyl (C=O) groups excluding carboxylic acids is 3. The molecule has 1 unspecified atom stereocenters. The fraction of sp³-hybridized carbons (Fsp3) is 0.312. The van der Waals surface area contributed by atoms with Crippen LogP contribution in [0.5, 0.6) is 0 Å². The predicted octanol–water partition coefficient (Wildman–Crippen LogP) is 4.39. The highest BCUT2D eigenvalue weighted by molar-refractivity contribution is 5.92. The minimum Gasteiger partial charge on any atom is -0.480 e. The number of nitrogens with one attached hydrogen (secondary N) is 3. The molecule has 0 aliphatic rings. The number of carboxylic acid groups (broad SMARTS) is 1. The van der Waals surface area contributed by atoms with Crippen molar-refractivity contribution in [2.75, 3.05) is 5.32 Å². The van der Waals surface area contributed by atoms with Crippen LogP contribution in [-0.4, -0.2) is 47.0 Å². The second-order valence-corrected chi connectivity index (χ2v) is 10.3. The maximum atomic E-state index is 13.0. The smallest absolute Gasteiger partial charge is 0.335 e. The van der Waals surface area contributed by atoms with Gasteiger partial charge in [-0.2, -0.15) is 0 Å². The van der Waals surface area contributed by atoms with Crippen molar-refractivity contribution in [1.82, 2.24) is 10.6 Å². The number of rotatable bonds is 14. The standard InChI is InChI=1S/C32H37N3O6/c1-21(2)18-28(35-27(30(37)38)19-29(36)33-20-23-10-6-4-7-11-23)32(40)41-31(39)22(3)34-26-16-14-25(15-17-26)24-12-8-5-9-13-24/h4-17,21-22,27-28,34-35H,18-20H2,1-3H3,(H,33,36)(H,37,38)/t22-,27?,28-/m0/s1. The summed E-state index contributed by atoms with van der Waals surface area (Å²) in [5.74, 6) is -3.49. The van der Waals surface area contributed by atoms with Crippen LogP contribution < -0.4 is 16.0 Å². The molecule has 0 saturated heterocycles. The van der Waals surface area contributed by atoms with Crippen molar-refractivity contribution >= 4 is 29.5 Å². The summed E-state index contributed by atoms with van der Waals surface area (Å²) in [6.45, 7) is 5.53. The van der Waals surface area contributed by atoms with E-state index in [0.717, 1.165) is 16.7 Å². The second-order valence-electron chi connectivity index (χ2n) is 10.3. The predicted molar refractivity (Wildman–Crippen MR) is 157 cm³/mol. The molecule has 0 bridgehead atoms. The molecule has 0 radical (unpaired) electrons. The third-order valence-electron chi connectivity index (χ3n) is 6.34. The van der Waals surface area contributed by atoms with Crippen LogP contribution in [0.15, 0.2) is 84.9 Å². The topological polar surface area (TPSA) is 134 Å². The number of hydrogen-bond donors (Lipinski definition) is 4. The van der Waals surface area contributed by atoms with E-state index in [1.54, 1.807) is 6.92 Å². The number of ether oxygens (including phenoxy) is 1. The molecule has 216 valence electrons. The molecule has 0 saturated carbocycles. The van der Waals surface area contributed by atoms with Gasteiger partial charge in [-0.3, -0.25) is 14.9 Å². The highest BCUT2D eigenvalue weighted by atomic mass is 16.6. The molecule has 41 heavy (non-hydrogen) atoms. The SMILES string of the molecule is CC(C)C[C@H](NC(CC(=O)NCc1ccccc1)C(=O)O)C(=O)OC(=O)[C@H](C)Nc1ccc(-c2ccccc2)cc1. The van der Waals surface area contributed by atoms with Crippen molar-refractivity contribution in [2.24, 2.45) is 5.92 Å². The van der Waals surface area contributed by atoms with Crippen molar-refractivity contribution in [2.45, 2.75) is 58.3 Å². The number of anilines is 1. The number of amides is 1. The molecule has 3 rings (SSSR count). The van der Waals surface area contributed by atoms with Crippen molar-refractivity contribution < 1.29 is 29.0 Å². The first kappa shape index (κ1) is 31.0. The van der Waals surface area contributed by atoms with Gasteiger partial charge in [0.1, 0.15) is 18.1 Å². The number of carbonyl (C=O) groups is 4. The Morgan fingerprint density at radius 3 is 1.93 bits per heavy atom. The molecule has 3 aromatic carbocycles. The Balaban J connectivity index is 1.57. The molecule has 4 N–H and O–H groups in total. The summed E-state index contributed by atoms with van der Waals surface area (Å²) in [5.41, 5.74) is 3.63. The Morgan fingerprint density at radius 1 is 0.756 bits per heavy atom. The van der Waals surface area contributed by atoms with Crippen molar-refractivity contribution in [1.29, 1.82) is 0 Å². The van der Waals surface area contributed by atoms with Crippen LogP contribution in [0.4, 0.5) is 5.69 Å². The summed E-state index contributed by atoms with van der Waals surface area (Å²) < 4.78 is 5.14. The van der Waals surface area contributed by atoms with E-state index in [2.05, 4.69) is 16.0 Å². The van der Waals surface area contributed by atoms with Gasteiger partial charge >= 0.3 is 17.9 Å². The van der Waals surface area contributed by atoms with Crippen molar-refractivity contribution in [3.05, 3.63) is 90.5 Å².